The minimum Gasteiger partial charge on any atom is -0.508 e. The van der Waals surface area contributed by atoms with Gasteiger partial charge >= 0.3 is 5.97 Å². The van der Waals surface area contributed by atoms with Crippen molar-refractivity contribution in [2.75, 3.05) is 44.2 Å². The Morgan fingerprint density at radius 2 is 1.47 bits per heavy atom. The molecule has 3 amide bonds. The molecule has 3 fully saturated rings. The number of ether oxygens (including phenoxy) is 2. The number of nitrogens with one attached hydrogen (secondary N) is 1. The van der Waals surface area contributed by atoms with Gasteiger partial charge in [-0.25, -0.2) is 0 Å². The summed E-state index contributed by atoms with van der Waals surface area (Å²) in [6.07, 6.45) is 8.83. The molecule has 0 aromatic heterocycles. The van der Waals surface area contributed by atoms with Crippen LogP contribution in [0, 0.1) is 0 Å². The van der Waals surface area contributed by atoms with Crippen LogP contribution in [0.5, 0.6) is 11.5 Å². The Hall–Kier alpha value is -5.68. The fourth-order valence-corrected chi connectivity index (χ4v) is 9.42. The van der Waals surface area contributed by atoms with Crippen LogP contribution < -0.4 is 15.0 Å². The van der Waals surface area contributed by atoms with Crippen LogP contribution in [0.2, 0.25) is 0 Å². The number of amides is 3. The summed E-state index contributed by atoms with van der Waals surface area (Å²) in [6, 6.07) is 31.3. The molecule has 11 nitrogen and oxygen atoms in total. The zero-order valence-electron chi connectivity index (χ0n) is 33.7. The van der Waals surface area contributed by atoms with E-state index in [9.17, 15) is 24.3 Å². The number of anilines is 1. The summed E-state index contributed by atoms with van der Waals surface area (Å²) in [4.78, 5) is 56.2. The summed E-state index contributed by atoms with van der Waals surface area (Å²) in [7, 11) is 0. The highest BCUT2D eigenvalue weighted by Crippen LogP contribution is 2.49. The summed E-state index contributed by atoms with van der Waals surface area (Å²) in [5.74, 6) is 0.124. The van der Waals surface area contributed by atoms with Crippen LogP contribution in [0.1, 0.15) is 84.0 Å². The van der Waals surface area contributed by atoms with Crippen LogP contribution in [0.15, 0.2) is 97.1 Å². The fraction of sp³-hybridized carbons (Fsp3) is 0.417. The zero-order chi connectivity index (χ0) is 40.8. The van der Waals surface area contributed by atoms with Crippen molar-refractivity contribution in [2.45, 2.75) is 88.3 Å². The van der Waals surface area contributed by atoms with Gasteiger partial charge in [0.2, 0.25) is 11.8 Å². The molecule has 4 aromatic carbocycles. The lowest BCUT2D eigenvalue weighted by atomic mass is 9.74. The molecule has 4 aromatic rings. The van der Waals surface area contributed by atoms with Gasteiger partial charge in [0.15, 0.2) is 0 Å². The van der Waals surface area contributed by atoms with E-state index in [0.717, 1.165) is 75.2 Å². The molecule has 6 aliphatic rings. The predicted molar refractivity (Wildman–Crippen MR) is 224 cm³/mol. The van der Waals surface area contributed by atoms with E-state index >= 15 is 0 Å². The first kappa shape index (κ1) is 40.1. The number of imide groups is 1. The number of likely N-dealkylation sites (tertiary alicyclic amines) is 1. The van der Waals surface area contributed by atoms with E-state index in [4.69, 9.17) is 9.47 Å². The monoisotopic (exact) mass is 798 g/mol. The molecule has 3 saturated heterocycles. The van der Waals surface area contributed by atoms with Crippen molar-refractivity contribution in [1.29, 1.82) is 0 Å². The number of rotatable bonds is 5. The number of nitrogens with zero attached hydrogens (tertiary/aromatic N) is 3. The van der Waals surface area contributed by atoms with E-state index in [1.165, 1.54) is 36.1 Å². The molecular weight excluding hydrogens is 745 g/mol. The molecule has 1 atom stereocenters. The summed E-state index contributed by atoms with van der Waals surface area (Å²) < 4.78 is 12.1. The fourth-order valence-electron chi connectivity index (χ4n) is 9.42. The Kier molecular flexibility index (Phi) is 12.3. The second-order valence-corrected chi connectivity index (χ2v) is 16.5. The molecule has 11 heteroatoms. The van der Waals surface area contributed by atoms with Gasteiger partial charge in [0.1, 0.15) is 23.6 Å². The number of aromatic hydroxyl groups is 1. The molecule has 5 aliphatic heterocycles. The zero-order valence-corrected chi connectivity index (χ0v) is 33.7. The number of hydrogen-bond acceptors (Lipinski definition) is 9. The summed E-state index contributed by atoms with van der Waals surface area (Å²) in [5, 5.41) is 11.5. The average molecular weight is 799 g/mol. The predicted octanol–water partition coefficient (Wildman–Crippen LogP) is 6.34. The lowest BCUT2D eigenvalue weighted by molar-refractivity contribution is -0.151. The Morgan fingerprint density at radius 1 is 0.797 bits per heavy atom. The van der Waals surface area contributed by atoms with Crippen molar-refractivity contribution in [3.05, 3.63) is 125 Å². The SMILES string of the molecule is O=C1CCC(N2Cc3c(ccc4c3OCC43CCN(CC(=O)OC4CCN(c5ccccc5)CC4)CC3)C2=O)C(=O)N1.Oc1ccc2c(c1)CCCC2.c1ccccc1. The lowest BCUT2D eigenvalue weighted by Gasteiger charge is -2.38. The largest absolute Gasteiger partial charge is 0.508 e. The van der Waals surface area contributed by atoms with Crippen molar-refractivity contribution in [1.82, 2.24) is 15.1 Å². The van der Waals surface area contributed by atoms with Crippen molar-refractivity contribution in [3.63, 3.8) is 0 Å². The maximum Gasteiger partial charge on any atom is 0.320 e. The second-order valence-electron chi connectivity index (χ2n) is 16.5. The second kappa shape index (κ2) is 18.1. The van der Waals surface area contributed by atoms with Gasteiger partial charge in [-0.2, -0.15) is 0 Å². The molecule has 1 spiro atoms. The van der Waals surface area contributed by atoms with Crippen LogP contribution >= 0.6 is 0 Å². The Morgan fingerprint density at radius 3 is 2.17 bits per heavy atom. The number of hydrogen-bond donors (Lipinski definition) is 2. The van der Waals surface area contributed by atoms with Gasteiger partial charge in [0.25, 0.3) is 5.91 Å². The number of piperidine rings is 3. The molecule has 1 aliphatic carbocycles. The third-order valence-corrected chi connectivity index (χ3v) is 12.8. The van der Waals surface area contributed by atoms with Gasteiger partial charge in [0.05, 0.1) is 19.7 Å². The van der Waals surface area contributed by atoms with E-state index in [1.54, 1.807) is 11.0 Å². The van der Waals surface area contributed by atoms with Gasteiger partial charge in [-0.1, -0.05) is 66.7 Å². The quantitative estimate of drug-likeness (QED) is 0.176. The molecule has 0 bridgehead atoms. The maximum absolute atomic E-state index is 13.2. The van der Waals surface area contributed by atoms with Gasteiger partial charge in [0, 0.05) is 60.1 Å². The Balaban J connectivity index is 0.000000234. The standard InChI is InChI=1S/C32H36N4O6.C10H12O.C6H6/c37-27-9-8-26(30(39)33-27)36-18-24-23(31(36)40)6-7-25-29(24)41-20-32(25)12-16-34(17-13-32)19-28(38)42-22-10-14-35(15-11-22)21-4-2-1-3-5-21;11-10-6-5-8-3-1-2-4-9(8)7-10;1-2-4-6-5-3-1/h1-7,22,26H,8-20H2,(H,33,37,39);5-7,11H,1-4H2;1-6H. The van der Waals surface area contributed by atoms with E-state index < -0.39 is 11.9 Å². The first-order chi connectivity index (χ1) is 28.8. The number of aryl methyl sites for hydroxylation is 2. The molecular formula is C48H54N4O7. The molecule has 2 N–H and O–H groups in total. The summed E-state index contributed by atoms with van der Waals surface area (Å²) in [6.45, 7) is 4.45. The smallest absolute Gasteiger partial charge is 0.320 e. The number of phenolic OH excluding ortho intramolecular Hbond substituents is 1. The van der Waals surface area contributed by atoms with Crippen LogP contribution in [0.3, 0.4) is 0 Å². The maximum atomic E-state index is 13.2. The number of carbonyl (C=O) groups excluding carboxylic acids is 4. The highest BCUT2D eigenvalue weighted by atomic mass is 16.5. The minimum absolute atomic E-state index is 0.0340. The third-order valence-electron chi connectivity index (χ3n) is 12.8. The third kappa shape index (κ3) is 9.15. The molecule has 0 radical (unpaired) electrons. The average Bonchev–Trinajstić information content (AvgIpc) is 3.80. The van der Waals surface area contributed by atoms with Crippen molar-refractivity contribution in [2.24, 2.45) is 0 Å². The normalized spacial score (nSPS) is 20.8. The Bertz CT molecular complexity index is 2100. The highest BCUT2D eigenvalue weighted by molar-refractivity contribution is 6.05. The van der Waals surface area contributed by atoms with Crippen LogP contribution in [0.25, 0.3) is 0 Å². The number of para-hydroxylation sites is 1. The molecule has 308 valence electrons. The molecule has 1 unspecified atom stereocenters. The molecule has 59 heavy (non-hydrogen) atoms. The first-order valence-corrected chi connectivity index (χ1v) is 21.2. The number of esters is 1. The van der Waals surface area contributed by atoms with E-state index in [-0.39, 0.29) is 35.7 Å². The van der Waals surface area contributed by atoms with Crippen LogP contribution in [0.4, 0.5) is 5.69 Å². The minimum atomic E-state index is -0.645. The van der Waals surface area contributed by atoms with Crippen molar-refractivity contribution < 1.29 is 33.8 Å². The first-order valence-electron chi connectivity index (χ1n) is 21.2. The van der Waals surface area contributed by atoms with Gasteiger partial charge in [-0.3, -0.25) is 29.4 Å². The van der Waals surface area contributed by atoms with E-state index in [0.29, 0.717) is 37.4 Å². The Labute approximate surface area is 346 Å². The summed E-state index contributed by atoms with van der Waals surface area (Å²) in [5.41, 5.74) is 6.36. The molecule has 5 heterocycles. The van der Waals surface area contributed by atoms with Gasteiger partial charge in [-0.05, 0) is 99.5 Å². The number of carbonyl (C=O) groups is 4. The van der Waals surface area contributed by atoms with Gasteiger partial charge in [-0.15, -0.1) is 0 Å². The van der Waals surface area contributed by atoms with Crippen molar-refractivity contribution in [3.8, 4) is 11.5 Å². The molecule has 0 saturated carbocycles. The number of fused-ring (bicyclic) bond motifs is 5. The summed E-state index contributed by atoms with van der Waals surface area (Å²) >= 11 is 0. The van der Waals surface area contributed by atoms with Gasteiger partial charge < -0.3 is 24.4 Å². The number of benzene rings is 4. The van der Waals surface area contributed by atoms with Crippen LogP contribution in [-0.2, 0) is 43.9 Å². The topological polar surface area (TPSA) is 129 Å². The number of phenols is 1. The van der Waals surface area contributed by atoms with Crippen molar-refractivity contribution >= 4 is 29.4 Å². The highest BCUT2D eigenvalue weighted by Gasteiger charge is 2.47. The van der Waals surface area contributed by atoms with E-state index in [2.05, 4.69) is 27.2 Å². The van der Waals surface area contributed by atoms with E-state index in [1.807, 2.05) is 78.9 Å². The van der Waals surface area contributed by atoms with Crippen LogP contribution in [-0.4, -0.2) is 90.1 Å². The molecule has 10 rings (SSSR count). The lowest BCUT2D eigenvalue weighted by Crippen LogP contribution is -2.52.